The molecule has 1 aliphatic rings. The molecule has 0 radical (unpaired) electrons. The van der Waals surface area contributed by atoms with E-state index < -0.39 is 0 Å². The van der Waals surface area contributed by atoms with Crippen LogP contribution in [0.15, 0.2) is 30.5 Å². The molecule has 2 aromatic rings. The van der Waals surface area contributed by atoms with E-state index in [-0.39, 0.29) is 11.9 Å². The van der Waals surface area contributed by atoms with Crippen molar-refractivity contribution in [3.05, 3.63) is 46.7 Å². The molecule has 0 bridgehead atoms. The van der Waals surface area contributed by atoms with Gasteiger partial charge in [-0.2, -0.15) is 0 Å². The Morgan fingerprint density at radius 2 is 2.08 bits per heavy atom. The van der Waals surface area contributed by atoms with Crippen molar-refractivity contribution in [2.75, 3.05) is 26.2 Å². The van der Waals surface area contributed by atoms with Gasteiger partial charge in [0.1, 0.15) is 0 Å². The highest BCUT2D eigenvalue weighted by Gasteiger charge is 2.26. The first-order valence-corrected chi connectivity index (χ1v) is 8.93. The van der Waals surface area contributed by atoms with Crippen molar-refractivity contribution in [3.8, 4) is 0 Å². The Morgan fingerprint density at radius 1 is 1.32 bits per heavy atom. The molecule has 1 aromatic carbocycles. The fraction of sp³-hybridized carbons (Fsp3) is 0.471. The molecule has 1 aliphatic heterocycles. The van der Waals surface area contributed by atoms with Crippen LogP contribution < -0.4 is 11.1 Å². The number of nitrogens with zero attached hydrogens (tertiary/aromatic N) is 4. The number of hydrogen-bond acceptors (Lipinski definition) is 5. The molecule has 1 unspecified atom stereocenters. The first-order chi connectivity index (χ1) is 12.2. The Hall–Kier alpha value is -1.96. The number of nitrogens with two attached hydrogens (primary N) is 1. The summed E-state index contributed by atoms with van der Waals surface area (Å²) < 4.78 is 1.57. The number of nitrogens with one attached hydrogen (secondary N) is 1. The van der Waals surface area contributed by atoms with Gasteiger partial charge in [0.05, 0.1) is 18.8 Å². The predicted molar refractivity (Wildman–Crippen MR) is 96.4 cm³/mol. The average molecular weight is 363 g/mol. The third-order valence-electron chi connectivity index (χ3n) is 4.43. The number of likely N-dealkylation sites (tertiary alicyclic amines) is 1. The van der Waals surface area contributed by atoms with E-state index in [0.29, 0.717) is 25.3 Å². The lowest BCUT2D eigenvalue weighted by Crippen LogP contribution is -2.37. The molecule has 0 aliphatic carbocycles. The molecule has 25 heavy (non-hydrogen) atoms. The van der Waals surface area contributed by atoms with Crippen molar-refractivity contribution in [2.24, 2.45) is 5.73 Å². The summed E-state index contributed by atoms with van der Waals surface area (Å²) in [6.45, 7) is 3.49. The number of benzene rings is 1. The van der Waals surface area contributed by atoms with Gasteiger partial charge in [-0.25, -0.2) is 0 Å². The van der Waals surface area contributed by atoms with Gasteiger partial charge >= 0.3 is 0 Å². The largest absolute Gasteiger partial charge is 0.349 e. The zero-order chi connectivity index (χ0) is 17.6. The van der Waals surface area contributed by atoms with Gasteiger partial charge < -0.3 is 11.1 Å². The van der Waals surface area contributed by atoms with Crippen molar-refractivity contribution in [1.82, 2.24) is 25.2 Å². The van der Waals surface area contributed by atoms with Crippen LogP contribution in [-0.2, 0) is 6.54 Å². The second kappa shape index (κ2) is 8.42. The molecule has 0 saturated carbocycles. The van der Waals surface area contributed by atoms with Gasteiger partial charge in [0.15, 0.2) is 5.69 Å². The van der Waals surface area contributed by atoms with E-state index in [9.17, 15) is 4.79 Å². The number of rotatable bonds is 7. The number of carbonyl (C=O) groups excluding carboxylic acids is 1. The zero-order valence-corrected chi connectivity index (χ0v) is 14.8. The molecule has 3 rings (SSSR count). The molecule has 1 amide bonds. The topological polar surface area (TPSA) is 89.1 Å². The maximum atomic E-state index is 12.4. The molecule has 1 saturated heterocycles. The SMILES string of the molecule is NCCn1cc(C(=O)NCC(c2ccccc2Cl)N2CCCC2)nn1. The Morgan fingerprint density at radius 3 is 2.80 bits per heavy atom. The number of amides is 1. The quantitative estimate of drug-likeness (QED) is 0.778. The lowest BCUT2D eigenvalue weighted by molar-refractivity contribution is 0.0933. The standard InChI is InChI=1S/C17H23ClN6O/c18-14-6-2-1-5-13(14)16(23-8-3-4-9-23)11-20-17(25)15-12-24(10-7-19)22-21-15/h1-2,5-6,12,16H,3-4,7-11,19H2,(H,20,25). The molecule has 134 valence electrons. The second-order valence-electron chi connectivity index (χ2n) is 6.15. The van der Waals surface area contributed by atoms with Gasteiger partial charge in [0.25, 0.3) is 5.91 Å². The number of hydrogen-bond donors (Lipinski definition) is 2. The van der Waals surface area contributed by atoms with Crippen LogP contribution in [0, 0.1) is 0 Å². The molecule has 1 fully saturated rings. The highest BCUT2D eigenvalue weighted by atomic mass is 35.5. The molecule has 7 nitrogen and oxygen atoms in total. The highest BCUT2D eigenvalue weighted by molar-refractivity contribution is 6.31. The van der Waals surface area contributed by atoms with Crippen LogP contribution in [0.3, 0.4) is 0 Å². The third kappa shape index (κ3) is 4.36. The smallest absolute Gasteiger partial charge is 0.273 e. The molecule has 3 N–H and O–H groups in total. The average Bonchev–Trinajstić information content (AvgIpc) is 3.29. The minimum absolute atomic E-state index is 0.0548. The summed E-state index contributed by atoms with van der Waals surface area (Å²) >= 11 is 6.39. The van der Waals surface area contributed by atoms with Crippen LogP contribution in [0.25, 0.3) is 0 Å². The van der Waals surface area contributed by atoms with Gasteiger partial charge in [-0.15, -0.1) is 5.10 Å². The van der Waals surface area contributed by atoms with Crippen molar-refractivity contribution < 1.29 is 4.79 Å². The monoisotopic (exact) mass is 362 g/mol. The summed E-state index contributed by atoms with van der Waals surface area (Å²) in [6.07, 6.45) is 3.95. The highest BCUT2D eigenvalue weighted by Crippen LogP contribution is 2.29. The van der Waals surface area contributed by atoms with E-state index in [1.54, 1.807) is 10.9 Å². The van der Waals surface area contributed by atoms with Crippen LogP contribution in [0.2, 0.25) is 5.02 Å². The Balaban J connectivity index is 1.69. The summed E-state index contributed by atoms with van der Waals surface area (Å²) in [5, 5.41) is 11.5. The van der Waals surface area contributed by atoms with Crippen molar-refractivity contribution in [2.45, 2.75) is 25.4 Å². The molecule has 1 atom stereocenters. The molecule has 8 heteroatoms. The van der Waals surface area contributed by atoms with Gasteiger partial charge in [-0.3, -0.25) is 14.4 Å². The Bertz CT molecular complexity index is 713. The van der Waals surface area contributed by atoms with E-state index in [0.717, 1.165) is 23.7 Å². The van der Waals surface area contributed by atoms with Crippen molar-refractivity contribution in [1.29, 1.82) is 0 Å². The molecular formula is C17H23ClN6O. The minimum atomic E-state index is -0.237. The lowest BCUT2D eigenvalue weighted by Gasteiger charge is -2.28. The Labute approximate surface area is 152 Å². The molecule has 0 spiro atoms. The summed E-state index contributed by atoms with van der Waals surface area (Å²) in [5.41, 5.74) is 6.82. The maximum Gasteiger partial charge on any atom is 0.273 e. The summed E-state index contributed by atoms with van der Waals surface area (Å²) in [7, 11) is 0. The van der Waals surface area contributed by atoms with E-state index in [4.69, 9.17) is 17.3 Å². The maximum absolute atomic E-state index is 12.4. The van der Waals surface area contributed by atoms with Crippen LogP contribution in [0.5, 0.6) is 0 Å². The Kier molecular flexibility index (Phi) is 6.01. The lowest BCUT2D eigenvalue weighted by atomic mass is 10.1. The number of carbonyl (C=O) groups is 1. The first kappa shape index (κ1) is 17.8. The summed E-state index contributed by atoms with van der Waals surface area (Å²) in [5.74, 6) is -0.237. The zero-order valence-electron chi connectivity index (χ0n) is 14.1. The van der Waals surface area contributed by atoms with E-state index in [2.05, 4.69) is 20.5 Å². The predicted octanol–water partition coefficient (Wildman–Crippen LogP) is 1.46. The van der Waals surface area contributed by atoms with Crippen molar-refractivity contribution >= 4 is 17.5 Å². The second-order valence-corrected chi connectivity index (χ2v) is 6.55. The van der Waals surface area contributed by atoms with E-state index in [1.807, 2.05) is 24.3 Å². The normalized spacial score (nSPS) is 16.1. The third-order valence-corrected chi connectivity index (χ3v) is 4.78. The van der Waals surface area contributed by atoms with Crippen LogP contribution >= 0.6 is 11.6 Å². The fourth-order valence-electron chi connectivity index (χ4n) is 3.16. The molecule has 2 heterocycles. The van der Waals surface area contributed by atoms with Crippen LogP contribution in [0.4, 0.5) is 0 Å². The van der Waals surface area contributed by atoms with Gasteiger partial charge in [-0.05, 0) is 37.6 Å². The molecule has 1 aromatic heterocycles. The van der Waals surface area contributed by atoms with Gasteiger partial charge in [-0.1, -0.05) is 35.0 Å². The van der Waals surface area contributed by atoms with E-state index >= 15 is 0 Å². The van der Waals surface area contributed by atoms with Crippen LogP contribution in [0.1, 0.15) is 34.9 Å². The fourth-order valence-corrected chi connectivity index (χ4v) is 3.42. The minimum Gasteiger partial charge on any atom is -0.349 e. The van der Waals surface area contributed by atoms with Gasteiger partial charge in [0, 0.05) is 18.1 Å². The van der Waals surface area contributed by atoms with Crippen molar-refractivity contribution in [3.63, 3.8) is 0 Å². The van der Waals surface area contributed by atoms with Crippen LogP contribution in [-0.4, -0.2) is 52.0 Å². The summed E-state index contributed by atoms with van der Waals surface area (Å²) in [6, 6.07) is 7.86. The van der Waals surface area contributed by atoms with Gasteiger partial charge in [0.2, 0.25) is 0 Å². The number of aromatic nitrogens is 3. The summed E-state index contributed by atoms with van der Waals surface area (Å²) in [4.78, 5) is 14.8. The number of halogens is 1. The first-order valence-electron chi connectivity index (χ1n) is 8.56. The molecular weight excluding hydrogens is 340 g/mol. The van der Waals surface area contributed by atoms with E-state index in [1.165, 1.54) is 12.8 Å².